The maximum atomic E-state index is 12.8. The van der Waals surface area contributed by atoms with Gasteiger partial charge in [0.1, 0.15) is 0 Å². The van der Waals surface area contributed by atoms with Crippen LogP contribution in [-0.4, -0.2) is 40.4 Å². The first kappa shape index (κ1) is 17.1. The van der Waals surface area contributed by atoms with E-state index in [-0.39, 0.29) is 11.9 Å². The Morgan fingerprint density at radius 3 is 3.04 bits per heavy atom. The SMILES string of the molecule is O=C(CCCc1nc2ccccc2s1)N1CCNCC1c1cccnc1. The molecule has 134 valence electrons. The van der Waals surface area contributed by atoms with Gasteiger partial charge in [0.15, 0.2) is 0 Å². The number of nitrogens with one attached hydrogen (secondary N) is 1. The van der Waals surface area contributed by atoms with E-state index in [9.17, 15) is 4.79 Å². The van der Waals surface area contributed by atoms with Gasteiger partial charge < -0.3 is 10.2 Å². The Morgan fingerprint density at radius 2 is 2.19 bits per heavy atom. The van der Waals surface area contributed by atoms with E-state index >= 15 is 0 Å². The molecule has 0 radical (unpaired) electrons. The van der Waals surface area contributed by atoms with Crippen LogP contribution in [0.5, 0.6) is 0 Å². The number of carbonyl (C=O) groups is 1. The summed E-state index contributed by atoms with van der Waals surface area (Å²) in [4.78, 5) is 23.7. The Balaban J connectivity index is 1.37. The average Bonchev–Trinajstić information content (AvgIpc) is 3.11. The number of fused-ring (bicyclic) bond motifs is 1. The van der Waals surface area contributed by atoms with Crippen molar-refractivity contribution in [2.24, 2.45) is 0 Å². The molecule has 0 aliphatic carbocycles. The van der Waals surface area contributed by atoms with Crippen LogP contribution in [0.4, 0.5) is 0 Å². The van der Waals surface area contributed by atoms with Crippen LogP contribution in [0.3, 0.4) is 0 Å². The van der Waals surface area contributed by atoms with E-state index in [1.807, 2.05) is 41.4 Å². The summed E-state index contributed by atoms with van der Waals surface area (Å²) in [5.41, 5.74) is 2.15. The maximum absolute atomic E-state index is 12.8. The van der Waals surface area contributed by atoms with E-state index in [1.54, 1.807) is 17.5 Å². The van der Waals surface area contributed by atoms with E-state index in [4.69, 9.17) is 0 Å². The van der Waals surface area contributed by atoms with Crippen molar-refractivity contribution >= 4 is 27.5 Å². The number of hydrogen-bond donors (Lipinski definition) is 1. The quantitative estimate of drug-likeness (QED) is 0.753. The number of benzene rings is 1. The first-order chi connectivity index (χ1) is 12.8. The van der Waals surface area contributed by atoms with Crippen molar-refractivity contribution in [3.63, 3.8) is 0 Å². The minimum atomic E-state index is 0.0763. The van der Waals surface area contributed by atoms with Crippen molar-refractivity contribution in [1.29, 1.82) is 0 Å². The van der Waals surface area contributed by atoms with Crippen molar-refractivity contribution < 1.29 is 4.79 Å². The molecule has 2 aromatic heterocycles. The number of aromatic nitrogens is 2. The predicted octanol–water partition coefficient (Wildman–Crippen LogP) is 3.19. The van der Waals surface area contributed by atoms with Gasteiger partial charge in [-0.2, -0.15) is 0 Å². The molecule has 1 amide bonds. The van der Waals surface area contributed by atoms with E-state index < -0.39 is 0 Å². The highest BCUT2D eigenvalue weighted by molar-refractivity contribution is 7.18. The van der Waals surface area contributed by atoms with Crippen LogP contribution in [0, 0.1) is 0 Å². The molecule has 1 unspecified atom stereocenters. The standard InChI is InChI=1S/C20H22N4OS/c25-20(9-3-8-19-23-16-6-1-2-7-18(16)26-19)24-12-11-22-14-17(24)15-5-4-10-21-13-15/h1-2,4-7,10,13,17,22H,3,8-9,11-12,14H2. The number of hydrogen-bond acceptors (Lipinski definition) is 5. The lowest BCUT2D eigenvalue weighted by Crippen LogP contribution is -2.48. The van der Waals surface area contributed by atoms with Gasteiger partial charge in [-0.15, -0.1) is 11.3 Å². The van der Waals surface area contributed by atoms with Gasteiger partial charge in [-0.1, -0.05) is 18.2 Å². The highest BCUT2D eigenvalue weighted by atomic mass is 32.1. The summed E-state index contributed by atoms with van der Waals surface area (Å²) in [5.74, 6) is 0.224. The first-order valence-electron chi connectivity index (χ1n) is 9.06. The normalized spacial score (nSPS) is 17.5. The molecule has 1 aliphatic rings. The zero-order valence-electron chi connectivity index (χ0n) is 14.6. The third-order valence-corrected chi connectivity index (χ3v) is 5.85. The average molecular weight is 366 g/mol. The summed E-state index contributed by atoms with van der Waals surface area (Å²) < 4.78 is 1.22. The largest absolute Gasteiger partial charge is 0.333 e. The number of carbonyl (C=O) groups excluding carboxylic acids is 1. The number of nitrogens with zero attached hydrogens (tertiary/aromatic N) is 3. The van der Waals surface area contributed by atoms with E-state index in [1.165, 1.54) is 4.70 Å². The molecular formula is C20H22N4OS. The van der Waals surface area contributed by atoms with Crippen molar-refractivity contribution in [3.05, 3.63) is 59.4 Å². The van der Waals surface area contributed by atoms with E-state index in [0.717, 1.165) is 48.6 Å². The summed E-state index contributed by atoms with van der Waals surface area (Å²) in [6.45, 7) is 2.38. The number of rotatable bonds is 5. The van der Waals surface area contributed by atoms with Gasteiger partial charge in [-0.25, -0.2) is 4.98 Å². The first-order valence-corrected chi connectivity index (χ1v) is 9.87. The number of amides is 1. The highest BCUT2D eigenvalue weighted by Crippen LogP contribution is 2.25. The molecule has 0 bridgehead atoms. The van der Waals surface area contributed by atoms with Crippen molar-refractivity contribution in [2.45, 2.75) is 25.3 Å². The van der Waals surface area contributed by atoms with Gasteiger partial charge in [-0.3, -0.25) is 9.78 Å². The highest BCUT2D eigenvalue weighted by Gasteiger charge is 2.27. The van der Waals surface area contributed by atoms with Crippen LogP contribution < -0.4 is 5.32 Å². The molecular weight excluding hydrogens is 344 g/mol. The number of aryl methyl sites for hydroxylation is 1. The second-order valence-electron chi connectivity index (χ2n) is 6.52. The lowest BCUT2D eigenvalue weighted by Gasteiger charge is -2.36. The second kappa shape index (κ2) is 7.93. The topological polar surface area (TPSA) is 58.1 Å². The Hall–Kier alpha value is -2.31. The van der Waals surface area contributed by atoms with Crippen LogP contribution in [-0.2, 0) is 11.2 Å². The molecule has 3 heterocycles. The third-order valence-electron chi connectivity index (χ3n) is 4.75. The van der Waals surface area contributed by atoms with Crippen LogP contribution in [0.2, 0.25) is 0 Å². The summed E-state index contributed by atoms with van der Waals surface area (Å²) in [7, 11) is 0. The van der Waals surface area contributed by atoms with Crippen LogP contribution in [0.15, 0.2) is 48.8 Å². The minimum Gasteiger partial charge on any atom is -0.333 e. The van der Waals surface area contributed by atoms with Crippen LogP contribution in [0.25, 0.3) is 10.2 Å². The van der Waals surface area contributed by atoms with Crippen LogP contribution in [0.1, 0.15) is 29.5 Å². The lowest BCUT2D eigenvalue weighted by atomic mass is 10.0. The summed E-state index contributed by atoms with van der Waals surface area (Å²) in [6, 6.07) is 12.2. The molecule has 1 N–H and O–H groups in total. The van der Waals surface area contributed by atoms with Gasteiger partial charge >= 0.3 is 0 Å². The molecule has 1 atom stereocenters. The summed E-state index contributed by atoms with van der Waals surface area (Å²) >= 11 is 1.73. The van der Waals surface area contributed by atoms with Crippen molar-refractivity contribution in [3.8, 4) is 0 Å². The predicted molar refractivity (Wildman–Crippen MR) is 104 cm³/mol. The fourth-order valence-electron chi connectivity index (χ4n) is 3.44. The van der Waals surface area contributed by atoms with Gasteiger partial charge in [0, 0.05) is 38.4 Å². The lowest BCUT2D eigenvalue weighted by molar-refractivity contribution is -0.134. The smallest absolute Gasteiger partial charge is 0.223 e. The molecule has 3 aromatic rings. The van der Waals surface area contributed by atoms with Gasteiger partial charge in [0.25, 0.3) is 0 Å². The monoisotopic (exact) mass is 366 g/mol. The third kappa shape index (κ3) is 3.76. The molecule has 26 heavy (non-hydrogen) atoms. The summed E-state index contributed by atoms with van der Waals surface area (Å²) in [5, 5.41) is 4.50. The number of thiazole rings is 1. The van der Waals surface area contributed by atoms with Gasteiger partial charge in [0.2, 0.25) is 5.91 Å². The zero-order valence-corrected chi connectivity index (χ0v) is 15.4. The van der Waals surface area contributed by atoms with E-state index in [2.05, 4.69) is 21.4 Å². The number of piperazine rings is 1. The van der Waals surface area contributed by atoms with E-state index in [0.29, 0.717) is 6.42 Å². The Morgan fingerprint density at radius 1 is 1.27 bits per heavy atom. The van der Waals surface area contributed by atoms with Crippen molar-refractivity contribution in [2.75, 3.05) is 19.6 Å². The second-order valence-corrected chi connectivity index (χ2v) is 7.64. The number of para-hydroxylation sites is 1. The maximum Gasteiger partial charge on any atom is 0.223 e. The van der Waals surface area contributed by atoms with Crippen LogP contribution >= 0.6 is 11.3 Å². The Labute approximate surface area is 157 Å². The van der Waals surface area contributed by atoms with Crippen molar-refractivity contribution in [1.82, 2.24) is 20.2 Å². The molecule has 1 fully saturated rings. The molecule has 4 rings (SSSR count). The Bertz CT molecular complexity index is 847. The fraction of sp³-hybridized carbons (Fsp3) is 0.350. The molecule has 1 saturated heterocycles. The molecule has 5 nitrogen and oxygen atoms in total. The zero-order chi connectivity index (χ0) is 17.8. The molecule has 1 aromatic carbocycles. The van der Waals surface area contributed by atoms with Gasteiger partial charge in [-0.05, 0) is 36.6 Å². The molecule has 1 aliphatic heterocycles. The number of pyridine rings is 1. The molecule has 0 saturated carbocycles. The molecule has 6 heteroatoms. The summed E-state index contributed by atoms with van der Waals surface area (Å²) in [6.07, 6.45) is 5.88. The minimum absolute atomic E-state index is 0.0763. The fourth-order valence-corrected chi connectivity index (χ4v) is 4.44. The Kier molecular flexibility index (Phi) is 5.22. The van der Waals surface area contributed by atoms with Gasteiger partial charge in [0.05, 0.1) is 21.3 Å². The molecule has 0 spiro atoms.